The second-order valence-corrected chi connectivity index (χ2v) is 6.19. The Hall–Kier alpha value is -0.180. The number of nitrogens with one attached hydrogen (secondary N) is 1. The van der Waals surface area contributed by atoms with E-state index in [0.717, 1.165) is 18.5 Å². The third-order valence-corrected chi connectivity index (χ3v) is 4.45. The number of rotatable bonds is 2. The molecule has 0 bridgehead atoms. The Morgan fingerprint density at radius 1 is 1.57 bits per heavy atom. The van der Waals surface area contributed by atoms with Crippen molar-refractivity contribution in [3.8, 4) is 0 Å². The molecule has 2 rings (SSSR count). The van der Waals surface area contributed by atoms with Gasteiger partial charge in [0.1, 0.15) is 0 Å². The summed E-state index contributed by atoms with van der Waals surface area (Å²) in [5.74, 6) is 2.11. The highest BCUT2D eigenvalue weighted by molar-refractivity contribution is 8.13. The molecule has 0 spiro atoms. The van der Waals surface area contributed by atoms with Crippen LogP contribution in [0.2, 0.25) is 0 Å². The molecule has 1 saturated carbocycles. The monoisotopic (exact) mass is 212 g/mol. The summed E-state index contributed by atoms with van der Waals surface area (Å²) in [4.78, 5) is 4.60. The first-order valence-electron chi connectivity index (χ1n) is 5.54. The molecular weight excluding hydrogens is 192 g/mol. The van der Waals surface area contributed by atoms with Gasteiger partial charge in [-0.25, -0.2) is 0 Å². The Balaban J connectivity index is 1.81. The normalized spacial score (nSPS) is 34.9. The van der Waals surface area contributed by atoms with Crippen molar-refractivity contribution < 1.29 is 0 Å². The first-order chi connectivity index (χ1) is 6.61. The summed E-state index contributed by atoms with van der Waals surface area (Å²) in [6, 6.07) is 0.729. The van der Waals surface area contributed by atoms with Gasteiger partial charge in [0.2, 0.25) is 0 Å². The molecule has 2 nitrogen and oxygen atoms in total. The number of aliphatic imine (C=N–C) groups is 1. The highest BCUT2D eigenvalue weighted by Crippen LogP contribution is 2.35. The number of amidine groups is 1. The van der Waals surface area contributed by atoms with Crippen molar-refractivity contribution in [2.45, 2.75) is 39.7 Å². The van der Waals surface area contributed by atoms with Gasteiger partial charge in [0.25, 0.3) is 0 Å². The van der Waals surface area contributed by atoms with E-state index in [4.69, 9.17) is 0 Å². The Labute approximate surface area is 90.9 Å². The molecule has 1 aliphatic carbocycles. The number of hydrogen-bond donors (Lipinski definition) is 1. The van der Waals surface area contributed by atoms with E-state index < -0.39 is 0 Å². The van der Waals surface area contributed by atoms with Gasteiger partial charge in [-0.05, 0) is 17.8 Å². The van der Waals surface area contributed by atoms with Crippen molar-refractivity contribution in [1.82, 2.24) is 5.32 Å². The summed E-state index contributed by atoms with van der Waals surface area (Å²) in [6.07, 6.45) is 2.65. The predicted molar refractivity (Wildman–Crippen MR) is 63.9 cm³/mol. The molecule has 80 valence electrons. The van der Waals surface area contributed by atoms with Crippen molar-refractivity contribution in [3.05, 3.63) is 0 Å². The topological polar surface area (TPSA) is 24.4 Å². The SMILES string of the molecule is CCC1CC1NC1=NCC(C)(C)CS1. The molecule has 2 aliphatic rings. The fourth-order valence-electron chi connectivity index (χ4n) is 1.76. The van der Waals surface area contributed by atoms with E-state index in [2.05, 4.69) is 31.1 Å². The Morgan fingerprint density at radius 2 is 2.36 bits per heavy atom. The van der Waals surface area contributed by atoms with E-state index in [1.54, 1.807) is 0 Å². The van der Waals surface area contributed by atoms with E-state index >= 15 is 0 Å². The fourth-order valence-corrected chi connectivity index (χ4v) is 2.77. The van der Waals surface area contributed by atoms with Crippen molar-refractivity contribution in [2.75, 3.05) is 12.3 Å². The van der Waals surface area contributed by atoms with Crippen LogP contribution in [0.25, 0.3) is 0 Å². The minimum Gasteiger partial charge on any atom is -0.362 e. The predicted octanol–water partition coefficient (Wildman–Crippen LogP) is 2.50. The van der Waals surface area contributed by atoms with Crippen molar-refractivity contribution >= 4 is 16.9 Å². The third kappa shape index (κ3) is 2.44. The molecule has 1 aliphatic heterocycles. The molecular formula is C11H20N2S. The minimum absolute atomic E-state index is 0.392. The molecule has 14 heavy (non-hydrogen) atoms. The summed E-state index contributed by atoms with van der Waals surface area (Å²) in [5.41, 5.74) is 0.392. The van der Waals surface area contributed by atoms with Crippen molar-refractivity contribution in [1.29, 1.82) is 0 Å². The largest absolute Gasteiger partial charge is 0.362 e. The smallest absolute Gasteiger partial charge is 0.156 e. The molecule has 1 N–H and O–H groups in total. The van der Waals surface area contributed by atoms with E-state index in [9.17, 15) is 0 Å². The van der Waals surface area contributed by atoms with Crippen LogP contribution in [0.15, 0.2) is 4.99 Å². The summed E-state index contributed by atoms with van der Waals surface area (Å²) >= 11 is 1.89. The lowest BCUT2D eigenvalue weighted by molar-refractivity contribution is 0.436. The van der Waals surface area contributed by atoms with Crippen molar-refractivity contribution in [2.24, 2.45) is 16.3 Å². The second-order valence-electron chi connectivity index (χ2n) is 5.23. The number of thioether (sulfide) groups is 1. The van der Waals surface area contributed by atoms with Gasteiger partial charge in [0, 0.05) is 18.3 Å². The van der Waals surface area contributed by atoms with Crippen LogP contribution in [0.3, 0.4) is 0 Å². The van der Waals surface area contributed by atoms with Gasteiger partial charge < -0.3 is 5.32 Å². The zero-order valence-corrected chi connectivity index (χ0v) is 10.2. The van der Waals surface area contributed by atoms with Gasteiger partial charge in [-0.1, -0.05) is 39.0 Å². The molecule has 0 aromatic heterocycles. The molecule has 0 radical (unpaired) electrons. The molecule has 1 heterocycles. The van der Waals surface area contributed by atoms with Crippen molar-refractivity contribution in [3.63, 3.8) is 0 Å². The summed E-state index contributed by atoms with van der Waals surface area (Å²) in [7, 11) is 0. The molecule has 3 heteroatoms. The Morgan fingerprint density at radius 3 is 2.86 bits per heavy atom. The van der Waals surface area contributed by atoms with Crippen LogP contribution in [0.1, 0.15) is 33.6 Å². The summed E-state index contributed by atoms with van der Waals surface area (Å²) in [6.45, 7) is 7.82. The van der Waals surface area contributed by atoms with Crippen LogP contribution in [0.5, 0.6) is 0 Å². The lowest BCUT2D eigenvalue weighted by Gasteiger charge is -2.27. The van der Waals surface area contributed by atoms with Gasteiger partial charge >= 0.3 is 0 Å². The van der Waals surface area contributed by atoms with E-state index in [0.29, 0.717) is 5.41 Å². The van der Waals surface area contributed by atoms with Gasteiger partial charge in [0.15, 0.2) is 5.17 Å². The highest BCUT2D eigenvalue weighted by Gasteiger charge is 2.36. The average molecular weight is 212 g/mol. The molecule has 0 saturated heterocycles. The zero-order valence-electron chi connectivity index (χ0n) is 9.34. The molecule has 0 amide bonds. The van der Waals surface area contributed by atoms with Gasteiger partial charge in [0.05, 0.1) is 0 Å². The Kier molecular flexibility index (Phi) is 2.78. The maximum absolute atomic E-state index is 4.60. The quantitative estimate of drug-likeness (QED) is 0.760. The van der Waals surface area contributed by atoms with Crippen LogP contribution in [-0.2, 0) is 0 Å². The fraction of sp³-hybridized carbons (Fsp3) is 0.909. The molecule has 0 aromatic carbocycles. The summed E-state index contributed by atoms with van der Waals surface area (Å²) in [5, 5.41) is 4.73. The molecule has 2 unspecified atom stereocenters. The first-order valence-corrected chi connectivity index (χ1v) is 6.53. The zero-order chi connectivity index (χ0) is 10.2. The van der Waals surface area contributed by atoms with E-state index in [1.807, 2.05) is 11.8 Å². The third-order valence-electron chi connectivity index (χ3n) is 3.01. The van der Waals surface area contributed by atoms with Crippen LogP contribution >= 0.6 is 11.8 Å². The Bertz CT molecular complexity index is 248. The molecule has 1 fully saturated rings. The molecule has 0 aromatic rings. The lowest BCUT2D eigenvalue weighted by Crippen LogP contribution is -2.32. The van der Waals surface area contributed by atoms with E-state index in [1.165, 1.54) is 23.8 Å². The number of nitrogens with zero attached hydrogens (tertiary/aromatic N) is 1. The van der Waals surface area contributed by atoms with Crippen LogP contribution in [-0.4, -0.2) is 23.5 Å². The lowest BCUT2D eigenvalue weighted by atomic mass is 9.97. The average Bonchev–Trinajstić information content (AvgIpc) is 2.88. The van der Waals surface area contributed by atoms with Gasteiger partial charge in [-0.3, -0.25) is 4.99 Å². The van der Waals surface area contributed by atoms with Crippen LogP contribution < -0.4 is 5.32 Å². The summed E-state index contributed by atoms with van der Waals surface area (Å²) < 4.78 is 0. The standard InChI is InChI=1S/C11H20N2S/c1-4-8-5-9(8)13-10-12-6-11(2,3)7-14-10/h8-9H,4-7H2,1-3H3,(H,12,13). The van der Waals surface area contributed by atoms with Gasteiger partial charge in [-0.2, -0.15) is 0 Å². The number of hydrogen-bond acceptors (Lipinski definition) is 3. The first kappa shape index (κ1) is 10.3. The highest BCUT2D eigenvalue weighted by atomic mass is 32.2. The van der Waals surface area contributed by atoms with Gasteiger partial charge in [-0.15, -0.1) is 0 Å². The van der Waals surface area contributed by atoms with E-state index in [-0.39, 0.29) is 0 Å². The van der Waals surface area contributed by atoms with Crippen LogP contribution in [0.4, 0.5) is 0 Å². The minimum atomic E-state index is 0.392. The van der Waals surface area contributed by atoms with Crippen LogP contribution in [0, 0.1) is 11.3 Å². The maximum atomic E-state index is 4.60. The second kappa shape index (κ2) is 3.76. The maximum Gasteiger partial charge on any atom is 0.156 e. The molecule has 2 atom stereocenters.